The van der Waals surface area contributed by atoms with E-state index in [9.17, 15) is 0 Å². The Labute approximate surface area is 95.4 Å². The van der Waals surface area contributed by atoms with Crippen molar-refractivity contribution >= 4 is 23.8 Å². The minimum absolute atomic E-state index is 0.329. The second-order valence-corrected chi connectivity index (χ2v) is 4.13. The number of benzene rings is 1. The summed E-state index contributed by atoms with van der Waals surface area (Å²) >= 11 is 3.44. The summed E-state index contributed by atoms with van der Waals surface area (Å²) in [5.74, 6) is 0. The average Bonchev–Trinajstić information content (AvgIpc) is 2.19. The normalized spacial score (nSPS) is 12.7. The number of aryl methyl sites for hydroxylation is 1. The van der Waals surface area contributed by atoms with Gasteiger partial charge in [-0.25, -0.2) is 0 Å². The van der Waals surface area contributed by atoms with Crippen LogP contribution < -0.4 is 0 Å². The summed E-state index contributed by atoms with van der Waals surface area (Å²) < 4.78 is 5.73. The van der Waals surface area contributed by atoms with Crippen molar-refractivity contribution in [2.45, 2.75) is 26.0 Å². The van der Waals surface area contributed by atoms with E-state index in [1.54, 1.807) is 0 Å². The van der Waals surface area contributed by atoms with Crippen LogP contribution in [0.5, 0.6) is 0 Å². The molecular weight excluding hydrogens is 239 g/mol. The van der Waals surface area contributed by atoms with Crippen LogP contribution in [0, 0.1) is 6.92 Å². The van der Waals surface area contributed by atoms with E-state index in [0.29, 0.717) is 12.7 Å². The summed E-state index contributed by atoms with van der Waals surface area (Å²) in [4.78, 5) is 0. The molecule has 0 spiro atoms. The molecule has 0 radical (unpaired) electrons. The van der Waals surface area contributed by atoms with Crippen molar-refractivity contribution in [1.82, 2.24) is 0 Å². The van der Waals surface area contributed by atoms with Gasteiger partial charge in [0.2, 0.25) is 0 Å². The fraction of sp³-hybridized carbons (Fsp3) is 0.455. The molecule has 0 heterocycles. The first-order chi connectivity index (χ1) is 6.76. The molecule has 1 aromatic rings. The third-order valence-electron chi connectivity index (χ3n) is 2.20. The van der Waals surface area contributed by atoms with Gasteiger partial charge < -0.3 is 4.74 Å². The predicted molar refractivity (Wildman–Crippen MR) is 66.9 cm³/mol. The molecule has 1 aromatic carbocycles. The zero-order chi connectivity index (χ0) is 10.4. The summed E-state index contributed by atoms with van der Waals surface area (Å²) in [5, 5.41) is 0.912. The molecule has 1 rings (SSSR count). The molecule has 3 heteroatoms. The summed E-state index contributed by atoms with van der Waals surface area (Å²) in [6.45, 7) is 2.82. The Hall–Kier alpha value is -0.275. The van der Waals surface area contributed by atoms with E-state index in [1.807, 2.05) is 0 Å². The fourth-order valence-electron chi connectivity index (χ4n) is 1.29. The molecule has 0 fully saturated rings. The SMILES string of the molecule is BC[C@H](CBr)OCc1cccc(C)c1. The van der Waals surface area contributed by atoms with Gasteiger partial charge >= 0.3 is 0 Å². The van der Waals surface area contributed by atoms with Crippen LogP contribution >= 0.6 is 15.9 Å². The van der Waals surface area contributed by atoms with E-state index >= 15 is 0 Å². The third-order valence-corrected chi connectivity index (χ3v) is 2.92. The largest absolute Gasteiger partial charge is 0.373 e. The van der Waals surface area contributed by atoms with Crippen molar-refractivity contribution in [3.63, 3.8) is 0 Å². The molecule has 0 aromatic heterocycles. The highest BCUT2D eigenvalue weighted by Gasteiger charge is 2.03. The maximum absolute atomic E-state index is 5.73. The molecule has 0 saturated carbocycles. The second kappa shape index (κ2) is 6.25. The first-order valence-corrected chi connectivity index (χ1v) is 6.11. The monoisotopic (exact) mass is 254 g/mol. The molecule has 0 unspecified atom stereocenters. The Bertz CT molecular complexity index is 274. The van der Waals surface area contributed by atoms with E-state index < -0.39 is 0 Å². The van der Waals surface area contributed by atoms with E-state index in [1.165, 1.54) is 11.1 Å². The number of halogens is 1. The van der Waals surface area contributed by atoms with Crippen molar-refractivity contribution in [3.05, 3.63) is 35.4 Å². The Morgan fingerprint density at radius 3 is 2.86 bits per heavy atom. The van der Waals surface area contributed by atoms with Gasteiger partial charge in [-0.1, -0.05) is 52.1 Å². The first kappa shape index (κ1) is 11.8. The molecule has 0 aliphatic carbocycles. The second-order valence-electron chi connectivity index (χ2n) is 3.48. The van der Waals surface area contributed by atoms with Gasteiger partial charge in [0.25, 0.3) is 0 Å². The van der Waals surface area contributed by atoms with Gasteiger partial charge in [0, 0.05) is 5.33 Å². The molecule has 1 nitrogen and oxygen atoms in total. The van der Waals surface area contributed by atoms with Crippen LogP contribution in [0.3, 0.4) is 0 Å². The van der Waals surface area contributed by atoms with Crippen LogP contribution in [-0.4, -0.2) is 19.3 Å². The zero-order valence-electron chi connectivity index (χ0n) is 8.79. The van der Waals surface area contributed by atoms with E-state index in [-0.39, 0.29) is 0 Å². The van der Waals surface area contributed by atoms with Gasteiger partial charge in [0.15, 0.2) is 0 Å². The van der Waals surface area contributed by atoms with Crippen LogP contribution in [0.1, 0.15) is 11.1 Å². The Morgan fingerprint density at radius 2 is 2.29 bits per heavy atom. The molecule has 14 heavy (non-hydrogen) atoms. The molecule has 0 aliphatic rings. The highest BCUT2D eigenvalue weighted by Crippen LogP contribution is 2.09. The van der Waals surface area contributed by atoms with Gasteiger partial charge in [0.1, 0.15) is 7.85 Å². The quantitative estimate of drug-likeness (QED) is 0.579. The molecule has 0 bridgehead atoms. The third kappa shape index (κ3) is 3.85. The molecule has 76 valence electrons. The smallest absolute Gasteiger partial charge is 0.104 e. The maximum atomic E-state index is 5.73. The van der Waals surface area contributed by atoms with Gasteiger partial charge in [-0.15, -0.1) is 0 Å². The van der Waals surface area contributed by atoms with Gasteiger partial charge in [-0.3, -0.25) is 0 Å². The van der Waals surface area contributed by atoms with Crippen LogP contribution in [0.15, 0.2) is 24.3 Å². The zero-order valence-corrected chi connectivity index (χ0v) is 10.4. The number of alkyl halides is 1. The number of ether oxygens (including phenoxy) is 1. The molecule has 0 amide bonds. The van der Waals surface area contributed by atoms with Crippen LogP contribution in [0.4, 0.5) is 0 Å². The van der Waals surface area contributed by atoms with E-state index in [4.69, 9.17) is 4.74 Å². The van der Waals surface area contributed by atoms with Crippen molar-refractivity contribution in [2.75, 3.05) is 5.33 Å². The van der Waals surface area contributed by atoms with Crippen molar-refractivity contribution in [3.8, 4) is 0 Å². The summed E-state index contributed by atoms with van der Waals surface area (Å²) in [7, 11) is 2.14. The lowest BCUT2D eigenvalue weighted by molar-refractivity contribution is 0.0699. The molecule has 1 atom stereocenters. The van der Waals surface area contributed by atoms with Gasteiger partial charge in [-0.2, -0.15) is 0 Å². The summed E-state index contributed by atoms with van der Waals surface area (Å²) in [6, 6.07) is 8.45. The lowest BCUT2D eigenvalue weighted by Crippen LogP contribution is -2.13. The Morgan fingerprint density at radius 1 is 1.50 bits per heavy atom. The molecular formula is C11H16BBrO. The molecule has 0 N–H and O–H groups in total. The predicted octanol–water partition coefficient (Wildman–Crippen LogP) is 2.33. The lowest BCUT2D eigenvalue weighted by atomic mass is 10.0. The lowest BCUT2D eigenvalue weighted by Gasteiger charge is -2.13. The van der Waals surface area contributed by atoms with Crippen LogP contribution in [0.25, 0.3) is 0 Å². The van der Waals surface area contributed by atoms with Crippen molar-refractivity contribution in [1.29, 1.82) is 0 Å². The first-order valence-electron chi connectivity index (χ1n) is 4.99. The topological polar surface area (TPSA) is 9.23 Å². The van der Waals surface area contributed by atoms with E-state index in [0.717, 1.165) is 11.7 Å². The van der Waals surface area contributed by atoms with Crippen molar-refractivity contribution in [2.24, 2.45) is 0 Å². The molecule has 0 aliphatic heterocycles. The van der Waals surface area contributed by atoms with E-state index in [2.05, 4.69) is 55.0 Å². The number of hydrogen-bond acceptors (Lipinski definition) is 1. The Kier molecular flexibility index (Phi) is 5.27. The number of hydrogen-bond donors (Lipinski definition) is 0. The summed E-state index contributed by atoms with van der Waals surface area (Å²) in [5.41, 5.74) is 2.54. The summed E-state index contributed by atoms with van der Waals surface area (Å²) in [6.07, 6.45) is 1.38. The highest BCUT2D eigenvalue weighted by molar-refractivity contribution is 9.09. The minimum atomic E-state index is 0.329. The maximum Gasteiger partial charge on any atom is 0.104 e. The Balaban J connectivity index is 2.44. The van der Waals surface area contributed by atoms with Crippen LogP contribution in [-0.2, 0) is 11.3 Å². The number of rotatable bonds is 5. The fourth-order valence-corrected chi connectivity index (χ4v) is 1.93. The van der Waals surface area contributed by atoms with Gasteiger partial charge in [-0.05, 0) is 12.5 Å². The average molecular weight is 255 g/mol. The minimum Gasteiger partial charge on any atom is -0.373 e. The molecule has 0 saturated heterocycles. The highest BCUT2D eigenvalue weighted by atomic mass is 79.9. The standard InChI is InChI=1S/C11H16BBrO/c1-9-3-2-4-10(5-9)8-14-11(6-12)7-13/h2-5,11H,6-8,12H2,1H3/t11-/m1/s1. The van der Waals surface area contributed by atoms with Crippen molar-refractivity contribution < 1.29 is 4.74 Å². The van der Waals surface area contributed by atoms with Crippen LogP contribution in [0.2, 0.25) is 6.32 Å². The van der Waals surface area contributed by atoms with Gasteiger partial charge in [0.05, 0.1) is 12.7 Å².